The highest BCUT2D eigenvalue weighted by Gasteiger charge is 2.39. The second-order valence-electron chi connectivity index (χ2n) is 32.4. The first kappa shape index (κ1) is 103. The van der Waals surface area contributed by atoms with Gasteiger partial charge in [-0.05, 0) is 104 Å². The highest BCUT2D eigenvalue weighted by molar-refractivity contribution is 6.06. The summed E-state index contributed by atoms with van der Waals surface area (Å²) in [6, 6.07) is 9.28. The smallest absolute Gasteiger partial charge is 0.336 e. The lowest BCUT2D eigenvalue weighted by Crippen LogP contribution is -2.60. The summed E-state index contributed by atoms with van der Waals surface area (Å²) in [5.41, 5.74) is 4.54. The van der Waals surface area contributed by atoms with Crippen LogP contribution in [0.3, 0.4) is 0 Å². The van der Waals surface area contributed by atoms with E-state index in [1.165, 1.54) is 82.6 Å². The number of fused-ring (bicyclic) bond motifs is 4. The average molecular weight is 1890 g/mol. The van der Waals surface area contributed by atoms with Crippen molar-refractivity contribution in [3.8, 4) is 0 Å². The normalized spacial score (nSPS) is 16.3. The van der Waals surface area contributed by atoms with E-state index in [4.69, 9.17) is 0 Å². The highest BCUT2D eigenvalue weighted by Crippen LogP contribution is 2.30. The highest BCUT2D eigenvalue weighted by atomic mass is 16.4. The molecule has 4 aromatic carbocycles. The Labute approximate surface area is 768 Å². The summed E-state index contributed by atoms with van der Waals surface area (Å²) in [7, 11) is 3.09. The molecule has 0 saturated carbocycles. The van der Waals surface area contributed by atoms with Crippen LogP contribution < -0.4 is 47.9 Å². The number of carboxylic acid groups (broad SMARTS) is 9. The topological polar surface area (TPSA) is 715 Å². The van der Waals surface area contributed by atoms with Crippen molar-refractivity contribution in [1.29, 1.82) is 0 Å². The van der Waals surface area contributed by atoms with Gasteiger partial charge in [0.05, 0.1) is 74.2 Å². The lowest BCUT2D eigenvalue weighted by molar-refractivity contribution is -0.147. The molecule has 726 valence electrons. The predicted molar refractivity (Wildman–Crippen MR) is 469 cm³/mol. The van der Waals surface area contributed by atoms with E-state index in [0.717, 1.165) is 11.0 Å². The number of benzene rings is 4. The number of rotatable bonds is 47. The van der Waals surface area contributed by atoms with E-state index >= 15 is 0 Å². The zero-order valence-electron chi connectivity index (χ0n) is 73.5. The first-order valence-corrected chi connectivity index (χ1v) is 42.8. The van der Waals surface area contributed by atoms with Crippen LogP contribution in [0.2, 0.25) is 0 Å². The largest absolute Gasteiger partial charge is 0.481 e. The van der Waals surface area contributed by atoms with Crippen LogP contribution in [0.25, 0.3) is 22.1 Å². The molecule has 3 aliphatic rings. The third-order valence-electron chi connectivity index (χ3n) is 22.1. The number of carboxylic acids is 9. The molecule has 50 nitrogen and oxygen atoms in total. The first-order chi connectivity index (χ1) is 64.1. The maximum atomic E-state index is 14.7. The minimum atomic E-state index is -2.62. The fourth-order valence-corrected chi connectivity index (χ4v) is 15.2. The molecule has 7 atom stereocenters. The predicted octanol–water partition coefficient (Wildman–Crippen LogP) is -3.53. The molecule has 0 spiro atoms. The third-order valence-corrected chi connectivity index (χ3v) is 22.1. The molecule has 20 N–H and O–H groups in total. The maximum absolute atomic E-state index is 14.7. The Morgan fingerprint density at radius 3 is 1.13 bits per heavy atom. The van der Waals surface area contributed by atoms with Crippen molar-refractivity contribution < 1.29 is 142 Å². The lowest BCUT2D eigenvalue weighted by atomic mass is 10.0. The number of carbonyl (C=O) groups is 20. The number of aliphatic carboxylic acids is 9. The average Bonchev–Trinajstić information content (AvgIpc) is 1.63. The van der Waals surface area contributed by atoms with Gasteiger partial charge in [0.25, 0.3) is 23.6 Å². The van der Waals surface area contributed by atoms with Crippen LogP contribution in [-0.4, -0.2) is 385 Å². The van der Waals surface area contributed by atoms with Gasteiger partial charge in [-0.1, -0.05) is 24.3 Å². The molecule has 0 radical (unpaired) electrons. The van der Waals surface area contributed by atoms with E-state index in [0.29, 0.717) is 45.2 Å². The van der Waals surface area contributed by atoms with Crippen LogP contribution in [0.1, 0.15) is 108 Å². The van der Waals surface area contributed by atoms with Crippen LogP contribution in [0, 0.1) is 0 Å². The standard InChI is InChI=1S/C85H107N21O29/c1-99(41-62-90-53-9-3-4-10-54(53)91-62)80(128)47-13-15-51-49(35-47)39-105(82(130)60(88-51)37-68(113)114)25-7-23-86-78(126)73(84(132)133)97-64(107)20-17-58(77(125)98-74(85(134)135)79(127)87-24-8-26-106-40-50-36-48(14-16-52(50)89-61(83(106)131)38-69(115)116)81(129)100(2)42-63-92-55-11-5-6-12-56(55)93-63)95-76(124)59(19-22-67(111)112)96-75(123)57(18-21-66(109)110)94-65(108)43-101-27-29-102(44-70(117)118)31-33-104(46-72(121)122)34-32-103(30-28-101)45-71(119)120/h3-6,9-16,35-36,57-61,73-74,88-89H,7-8,17-34,37-46H2,1-2H3,(H,86,126)(H,87,127)(H,90,91)(H,92,93)(H,94,108)(H,95,124)(H,96,123)(H,97,107)(H,98,125)(H,109,110)(H,111,112)(H,113,114)(H,115,116)(H,117,118)(H,119,120)(H,121,122)(H,132,133)(H,134,135)/t57-,58-,59-,60-,61-,73-,74-/m0/s1. The summed E-state index contributed by atoms with van der Waals surface area (Å²) < 4.78 is 0. The van der Waals surface area contributed by atoms with Crippen LogP contribution in [0.15, 0.2) is 84.9 Å². The number of H-pyrrole nitrogens is 2. The molecule has 1 fully saturated rings. The van der Waals surface area contributed by atoms with Crippen molar-refractivity contribution in [1.82, 2.24) is 96.4 Å². The molecule has 2 aromatic heterocycles. The lowest BCUT2D eigenvalue weighted by Gasteiger charge is -2.33. The van der Waals surface area contributed by atoms with E-state index < -0.39 is 252 Å². The van der Waals surface area contributed by atoms with Gasteiger partial charge in [-0.25, -0.2) is 19.6 Å². The third kappa shape index (κ3) is 31.7. The van der Waals surface area contributed by atoms with Crippen LogP contribution in [0.4, 0.5) is 11.4 Å². The number of nitrogens with zero attached hydrogens (tertiary/aromatic N) is 10. The summed E-state index contributed by atoms with van der Waals surface area (Å²) in [6.45, 7) is -4.31. The molecule has 3 aliphatic heterocycles. The number of hydrogen-bond acceptors (Lipinski definition) is 28. The second-order valence-corrected chi connectivity index (χ2v) is 32.4. The number of aromatic amines is 2. The zero-order valence-corrected chi connectivity index (χ0v) is 73.5. The number of nitrogens with one attached hydrogen (secondary N) is 11. The molecular weight excluding hydrogens is 1780 g/mol. The van der Waals surface area contributed by atoms with E-state index in [9.17, 15) is 142 Å². The number of para-hydroxylation sites is 4. The van der Waals surface area contributed by atoms with Crippen molar-refractivity contribution in [2.24, 2.45) is 0 Å². The van der Waals surface area contributed by atoms with Crippen molar-refractivity contribution in [2.45, 2.75) is 133 Å². The van der Waals surface area contributed by atoms with Gasteiger partial charge >= 0.3 is 53.7 Å². The van der Waals surface area contributed by atoms with E-state index in [1.54, 1.807) is 31.3 Å². The Morgan fingerprint density at radius 1 is 0.407 bits per heavy atom. The second kappa shape index (κ2) is 49.2. The number of carbonyl (C=O) groups excluding carboxylic acids is 11. The first-order valence-electron chi connectivity index (χ1n) is 42.8. The van der Waals surface area contributed by atoms with E-state index in [-0.39, 0.29) is 116 Å². The van der Waals surface area contributed by atoms with Gasteiger partial charge < -0.3 is 123 Å². The summed E-state index contributed by atoms with van der Waals surface area (Å²) in [5.74, 6) is -24.8. The Bertz CT molecular complexity index is 5340. The molecule has 6 aromatic rings. The van der Waals surface area contributed by atoms with Crippen molar-refractivity contribution in [2.75, 3.05) is 129 Å². The number of amides is 11. The van der Waals surface area contributed by atoms with Gasteiger partial charge in [0.15, 0.2) is 0 Å². The van der Waals surface area contributed by atoms with Gasteiger partial charge in [-0.2, -0.15) is 0 Å². The van der Waals surface area contributed by atoms with Gasteiger partial charge in [0, 0.05) is 147 Å². The molecule has 0 bridgehead atoms. The molecule has 50 heteroatoms. The number of hydrogen-bond donors (Lipinski definition) is 20. The monoisotopic (exact) mass is 1890 g/mol. The summed E-state index contributed by atoms with van der Waals surface area (Å²) in [4.78, 5) is 292. The van der Waals surface area contributed by atoms with Crippen molar-refractivity contribution in [3.05, 3.63) is 119 Å². The van der Waals surface area contributed by atoms with Crippen LogP contribution in [0.5, 0.6) is 0 Å². The summed E-state index contributed by atoms with van der Waals surface area (Å²) in [5, 5.41) is 111. The number of anilines is 2. The quantitative estimate of drug-likeness (QED) is 0.0130. The number of aromatic nitrogens is 4. The molecule has 135 heavy (non-hydrogen) atoms. The fraction of sp³-hybridized carbons (Fsp3) is 0.459. The fourth-order valence-electron chi connectivity index (χ4n) is 15.2. The zero-order chi connectivity index (χ0) is 98.4. The summed E-state index contributed by atoms with van der Waals surface area (Å²) >= 11 is 0. The van der Waals surface area contributed by atoms with Crippen molar-refractivity contribution in [3.63, 3.8) is 0 Å². The van der Waals surface area contributed by atoms with Crippen LogP contribution >= 0.6 is 0 Å². The SMILES string of the molecule is CN(Cc1nc2ccccc2[nH]1)C(=O)c1ccc2c(c1)CN(CCCNC(=O)[C@H](NC(=O)CC[C@H](NC(=O)[C@H](CCC(=O)O)NC(=O)[C@H](CCC(=O)O)NC(=O)CN1CCN(CC(=O)O)CCN(CC(=O)O)CCN(CC(=O)O)CC1)C(=O)N[C@H](C(=O)O)C(=O)NCCCN1Cc3cc(C(=O)N(C)Cc4nc5ccccc5[nH]4)ccc3N[C@@H](CC(=O)O)C1=O)C(=O)O)C(=O)[C@H](CC(=O)O)N2. The van der Waals surface area contributed by atoms with Crippen LogP contribution in [-0.2, 0) is 112 Å². The molecule has 0 aliphatic carbocycles. The van der Waals surface area contributed by atoms with Gasteiger partial charge in [0.1, 0.15) is 41.9 Å². The minimum absolute atomic E-state index is 0.0128. The Morgan fingerprint density at radius 2 is 0.763 bits per heavy atom. The van der Waals surface area contributed by atoms with E-state index in [2.05, 4.69) is 57.2 Å². The number of imidazole rings is 2. The Hall–Kier alpha value is -15.3. The minimum Gasteiger partial charge on any atom is -0.481 e. The summed E-state index contributed by atoms with van der Waals surface area (Å²) in [6.07, 6.45) is -7.40. The van der Waals surface area contributed by atoms with Crippen molar-refractivity contribution >= 4 is 152 Å². The molecular formula is C85H107N21O29. The van der Waals surface area contributed by atoms with Gasteiger partial charge in [0.2, 0.25) is 53.4 Å². The Balaban J connectivity index is 0.903. The molecule has 5 heterocycles. The molecule has 0 unspecified atom stereocenters. The van der Waals surface area contributed by atoms with Gasteiger partial charge in [-0.15, -0.1) is 0 Å². The maximum Gasteiger partial charge on any atom is 0.336 e. The Kier molecular flexibility index (Phi) is 37.7. The molecule has 11 amide bonds. The molecule has 9 rings (SSSR count). The molecule has 1 saturated heterocycles. The van der Waals surface area contributed by atoms with Gasteiger partial charge in [-0.3, -0.25) is 106 Å². The van der Waals surface area contributed by atoms with E-state index in [1.807, 2.05) is 34.9 Å².